The molecule has 1 aromatic heterocycles. The molecule has 1 amide bonds. The summed E-state index contributed by atoms with van der Waals surface area (Å²) in [7, 11) is 0. The minimum Gasteiger partial charge on any atom is -0.492 e. The van der Waals surface area contributed by atoms with E-state index in [9.17, 15) is 4.79 Å². The van der Waals surface area contributed by atoms with Gasteiger partial charge in [0.05, 0.1) is 5.88 Å². The van der Waals surface area contributed by atoms with Crippen LogP contribution in [-0.2, 0) is 0 Å². The van der Waals surface area contributed by atoms with Crippen LogP contribution in [0.15, 0.2) is 48.7 Å². The molecule has 0 aliphatic heterocycles. The van der Waals surface area contributed by atoms with Crippen molar-refractivity contribution in [2.45, 2.75) is 13.8 Å². The SMILES string of the molecule is Cc1cc(OCCCl)cc(C)c1NC(=O)c1cc(-c2cc(Cl)ccc2Cl)ccn1. The highest BCUT2D eigenvalue weighted by Gasteiger charge is 2.14. The highest BCUT2D eigenvalue weighted by atomic mass is 35.5. The fourth-order valence-electron chi connectivity index (χ4n) is 2.98. The molecule has 29 heavy (non-hydrogen) atoms. The minimum absolute atomic E-state index is 0.278. The van der Waals surface area contributed by atoms with Crippen LogP contribution < -0.4 is 10.1 Å². The molecule has 150 valence electrons. The van der Waals surface area contributed by atoms with Gasteiger partial charge in [-0.25, -0.2) is 0 Å². The molecule has 0 unspecified atom stereocenters. The molecule has 2 aromatic carbocycles. The fraction of sp³-hybridized carbons (Fsp3) is 0.182. The van der Waals surface area contributed by atoms with Crippen molar-refractivity contribution in [3.63, 3.8) is 0 Å². The molecule has 1 N–H and O–H groups in total. The van der Waals surface area contributed by atoms with Crippen LogP contribution in [0.4, 0.5) is 5.69 Å². The molecule has 0 saturated carbocycles. The van der Waals surface area contributed by atoms with Crippen LogP contribution in [0.3, 0.4) is 0 Å². The number of rotatable bonds is 6. The molecule has 4 nitrogen and oxygen atoms in total. The Labute approximate surface area is 184 Å². The number of aryl methyl sites for hydroxylation is 2. The second-order valence-corrected chi connectivity index (χ2v) is 7.70. The van der Waals surface area contributed by atoms with E-state index in [-0.39, 0.29) is 11.6 Å². The third-order valence-electron chi connectivity index (χ3n) is 4.32. The summed E-state index contributed by atoms with van der Waals surface area (Å²) in [6.07, 6.45) is 1.57. The maximum atomic E-state index is 12.8. The number of amides is 1. The van der Waals surface area contributed by atoms with Gasteiger partial charge in [-0.05, 0) is 73.0 Å². The maximum absolute atomic E-state index is 12.8. The summed E-state index contributed by atoms with van der Waals surface area (Å²) in [5.74, 6) is 0.815. The first-order valence-electron chi connectivity index (χ1n) is 8.92. The predicted molar refractivity (Wildman–Crippen MR) is 120 cm³/mol. The second kappa shape index (κ2) is 9.49. The minimum atomic E-state index is -0.314. The number of nitrogens with zero attached hydrogens (tertiary/aromatic N) is 1. The average molecular weight is 450 g/mol. The highest BCUT2D eigenvalue weighted by Crippen LogP contribution is 2.31. The molecule has 0 atom stereocenters. The van der Waals surface area contributed by atoms with E-state index in [4.69, 9.17) is 39.5 Å². The molecule has 0 saturated heterocycles. The number of hydrogen-bond acceptors (Lipinski definition) is 3. The Hall–Kier alpha value is -2.27. The highest BCUT2D eigenvalue weighted by molar-refractivity contribution is 6.35. The molecular formula is C22H19Cl3N2O2. The summed E-state index contributed by atoms with van der Waals surface area (Å²) in [4.78, 5) is 17.0. The third kappa shape index (κ3) is 5.21. The molecule has 0 aliphatic carbocycles. The van der Waals surface area contributed by atoms with E-state index in [1.165, 1.54) is 0 Å². The normalized spacial score (nSPS) is 10.7. The molecule has 0 radical (unpaired) electrons. The average Bonchev–Trinajstić information content (AvgIpc) is 2.71. The monoisotopic (exact) mass is 448 g/mol. The van der Waals surface area contributed by atoms with Crippen molar-refractivity contribution >= 4 is 46.4 Å². The van der Waals surface area contributed by atoms with Crippen molar-refractivity contribution in [1.29, 1.82) is 0 Å². The molecule has 3 rings (SSSR count). The van der Waals surface area contributed by atoms with Gasteiger partial charge in [0.2, 0.25) is 0 Å². The predicted octanol–water partition coefficient (Wildman–Crippen LogP) is 6.54. The third-order valence-corrected chi connectivity index (χ3v) is 5.04. The van der Waals surface area contributed by atoms with Crippen LogP contribution >= 0.6 is 34.8 Å². The van der Waals surface area contributed by atoms with Crippen molar-refractivity contribution < 1.29 is 9.53 Å². The van der Waals surface area contributed by atoms with Crippen molar-refractivity contribution in [3.05, 3.63) is 75.5 Å². The van der Waals surface area contributed by atoms with Gasteiger partial charge in [-0.15, -0.1) is 11.6 Å². The molecule has 3 aromatic rings. The lowest BCUT2D eigenvalue weighted by Crippen LogP contribution is -2.15. The first kappa shape index (κ1) is 21.4. The van der Waals surface area contributed by atoms with Crippen LogP contribution in [0.25, 0.3) is 11.1 Å². The Morgan fingerprint density at radius 2 is 1.79 bits per heavy atom. The van der Waals surface area contributed by atoms with E-state index in [1.807, 2.05) is 26.0 Å². The number of carbonyl (C=O) groups excluding carboxylic acids is 1. The van der Waals surface area contributed by atoms with Crippen LogP contribution in [0.2, 0.25) is 10.0 Å². The Morgan fingerprint density at radius 3 is 2.48 bits per heavy atom. The number of carbonyl (C=O) groups is 1. The van der Waals surface area contributed by atoms with Crippen LogP contribution in [0.1, 0.15) is 21.6 Å². The molecule has 0 fully saturated rings. The molecule has 7 heteroatoms. The van der Waals surface area contributed by atoms with Gasteiger partial charge in [-0.3, -0.25) is 9.78 Å². The number of alkyl halides is 1. The zero-order valence-corrected chi connectivity index (χ0v) is 18.2. The van der Waals surface area contributed by atoms with Gasteiger partial charge in [0.25, 0.3) is 5.91 Å². The lowest BCUT2D eigenvalue weighted by molar-refractivity contribution is 0.102. The van der Waals surface area contributed by atoms with E-state index in [1.54, 1.807) is 36.5 Å². The number of pyridine rings is 1. The summed E-state index contributed by atoms with van der Waals surface area (Å²) in [6, 6.07) is 12.4. The largest absolute Gasteiger partial charge is 0.492 e. The van der Waals surface area contributed by atoms with Crippen molar-refractivity contribution in [2.75, 3.05) is 17.8 Å². The van der Waals surface area contributed by atoms with Gasteiger partial charge >= 0.3 is 0 Å². The fourth-order valence-corrected chi connectivity index (χ4v) is 3.46. The van der Waals surface area contributed by atoms with E-state index in [2.05, 4.69) is 10.3 Å². The van der Waals surface area contributed by atoms with Crippen LogP contribution in [0, 0.1) is 13.8 Å². The number of nitrogens with one attached hydrogen (secondary N) is 1. The number of hydrogen-bond donors (Lipinski definition) is 1. The first-order chi connectivity index (χ1) is 13.9. The van der Waals surface area contributed by atoms with Crippen molar-refractivity contribution in [2.24, 2.45) is 0 Å². The summed E-state index contributed by atoms with van der Waals surface area (Å²) < 4.78 is 5.57. The zero-order valence-electron chi connectivity index (χ0n) is 15.9. The van der Waals surface area contributed by atoms with E-state index in [0.29, 0.717) is 22.5 Å². The maximum Gasteiger partial charge on any atom is 0.274 e. The van der Waals surface area contributed by atoms with Gasteiger partial charge in [-0.2, -0.15) is 0 Å². The molecule has 1 heterocycles. The molecule has 0 aliphatic rings. The summed E-state index contributed by atoms with van der Waals surface area (Å²) in [6.45, 7) is 4.24. The van der Waals surface area contributed by atoms with Crippen molar-refractivity contribution in [3.8, 4) is 16.9 Å². The summed E-state index contributed by atoms with van der Waals surface area (Å²) >= 11 is 18.0. The first-order valence-corrected chi connectivity index (χ1v) is 10.2. The number of benzene rings is 2. The summed E-state index contributed by atoms with van der Waals surface area (Å²) in [5.41, 5.74) is 4.27. The Balaban J connectivity index is 1.86. The van der Waals surface area contributed by atoms with Gasteiger partial charge in [0.15, 0.2) is 0 Å². The molecule has 0 spiro atoms. The van der Waals surface area contributed by atoms with E-state index < -0.39 is 0 Å². The van der Waals surface area contributed by atoms with Crippen LogP contribution in [-0.4, -0.2) is 23.4 Å². The molecule has 0 bridgehead atoms. The quantitative estimate of drug-likeness (QED) is 0.435. The van der Waals surface area contributed by atoms with E-state index in [0.717, 1.165) is 33.7 Å². The lowest BCUT2D eigenvalue weighted by Gasteiger charge is -2.14. The number of anilines is 1. The van der Waals surface area contributed by atoms with Gasteiger partial charge in [-0.1, -0.05) is 23.2 Å². The van der Waals surface area contributed by atoms with Crippen LogP contribution in [0.5, 0.6) is 5.75 Å². The topological polar surface area (TPSA) is 51.2 Å². The Kier molecular flexibility index (Phi) is 7.01. The summed E-state index contributed by atoms with van der Waals surface area (Å²) in [5, 5.41) is 4.05. The van der Waals surface area contributed by atoms with E-state index >= 15 is 0 Å². The number of halogens is 3. The van der Waals surface area contributed by atoms with Gasteiger partial charge in [0.1, 0.15) is 18.1 Å². The zero-order chi connectivity index (χ0) is 21.0. The van der Waals surface area contributed by atoms with Gasteiger partial charge in [0, 0.05) is 27.5 Å². The Bertz CT molecular complexity index is 1030. The van der Waals surface area contributed by atoms with Crippen molar-refractivity contribution in [1.82, 2.24) is 4.98 Å². The number of aromatic nitrogens is 1. The number of ether oxygens (including phenoxy) is 1. The lowest BCUT2D eigenvalue weighted by atomic mass is 10.1. The smallest absolute Gasteiger partial charge is 0.274 e. The standard InChI is InChI=1S/C22H19Cl3N2O2/c1-13-9-17(29-8-6-23)10-14(2)21(13)27-22(28)20-11-15(5-7-26-20)18-12-16(24)3-4-19(18)25/h3-5,7,9-12H,6,8H2,1-2H3,(H,27,28). The second-order valence-electron chi connectivity index (χ2n) is 6.48. The Morgan fingerprint density at radius 1 is 1.07 bits per heavy atom. The van der Waals surface area contributed by atoms with Gasteiger partial charge < -0.3 is 10.1 Å². The molecular weight excluding hydrogens is 431 g/mol.